The van der Waals surface area contributed by atoms with Gasteiger partial charge < -0.3 is 10.2 Å². The number of amides is 1. The van der Waals surface area contributed by atoms with Gasteiger partial charge in [0.25, 0.3) is 5.91 Å². The molecule has 5 nitrogen and oxygen atoms in total. The van der Waals surface area contributed by atoms with E-state index in [2.05, 4.69) is 20.1 Å². The summed E-state index contributed by atoms with van der Waals surface area (Å²) >= 11 is 12.5. The van der Waals surface area contributed by atoms with Crippen LogP contribution >= 0.6 is 23.2 Å². The SMILES string of the molecule is O=C(N[C@H]1C[C@H](CCN2CCN(c3cccc(Cl)c3Cl)CC2)C1)c1cccnc1. The maximum atomic E-state index is 12.2. The molecule has 2 fully saturated rings. The maximum absolute atomic E-state index is 12.2. The molecule has 2 heterocycles. The summed E-state index contributed by atoms with van der Waals surface area (Å²) in [5.41, 5.74) is 1.67. The van der Waals surface area contributed by atoms with E-state index in [1.165, 1.54) is 6.42 Å². The number of halogens is 2. The lowest BCUT2D eigenvalue weighted by atomic mass is 9.78. The van der Waals surface area contributed by atoms with E-state index < -0.39 is 0 Å². The Morgan fingerprint density at radius 1 is 1.10 bits per heavy atom. The third kappa shape index (κ3) is 5.03. The summed E-state index contributed by atoms with van der Waals surface area (Å²) in [4.78, 5) is 21.0. The lowest BCUT2D eigenvalue weighted by Crippen LogP contribution is -2.48. The van der Waals surface area contributed by atoms with Crippen LogP contribution < -0.4 is 10.2 Å². The molecule has 0 bridgehead atoms. The van der Waals surface area contributed by atoms with E-state index in [9.17, 15) is 4.79 Å². The van der Waals surface area contributed by atoms with Gasteiger partial charge in [-0.3, -0.25) is 14.7 Å². The second kappa shape index (κ2) is 9.33. The van der Waals surface area contributed by atoms with Crippen molar-refractivity contribution in [3.8, 4) is 0 Å². The van der Waals surface area contributed by atoms with Crippen LogP contribution in [0.4, 0.5) is 5.69 Å². The number of carbonyl (C=O) groups excluding carboxylic acids is 1. The highest BCUT2D eigenvalue weighted by Crippen LogP contribution is 2.33. The van der Waals surface area contributed by atoms with Crippen molar-refractivity contribution in [2.24, 2.45) is 5.92 Å². The summed E-state index contributed by atoms with van der Waals surface area (Å²) in [5.74, 6) is 0.687. The monoisotopic (exact) mass is 432 g/mol. The molecule has 1 aliphatic heterocycles. The Morgan fingerprint density at radius 2 is 1.90 bits per heavy atom. The molecule has 4 rings (SSSR count). The fourth-order valence-electron chi connectivity index (χ4n) is 4.17. The predicted molar refractivity (Wildman–Crippen MR) is 118 cm³/mol. The highest BCUT2D eigenvalue weighted by Gasteiger charge is 2.31. The number of hydrogen-bond acceptors (Lipinski definition) is 4. The van der Waals surface area contributed by atoms with Crippen LogP contribution in [0.3, 0.4) is 0 Å². The highest BCUT2D eigenvalue weighted by atomic mass is 35.5. The van der Waals surface area contributed by atoms with Crippen molar-refractivity contribution in [3.63, 3.8) is 0 Å². The van der Waals surface area contributed by atoms with E-state index >= 15 is 0 Å². The van der Waals surface area contributed by atoms with Gasteiger partial charge in [0.2, 0.25) is 0 Å². The van der Waals surface area contributed by atoms with Crippen LogP contribution in [0.2, 0.25) is 10.0 Å². The van der Waals surface area contributed by atoms with E-state index in [-0.39, 0.29) is 5.91 Å². The first-order valence-corrected chi connectivity index (χ1v) is 11.0. The number of aromatic nitrogens is 1. The normalized spacial score (nSPS) is 22.2. The van der Waals surface area contributed by atoms with Gasteiger partial charge in [0.05, 0.1) is 21.3 Å². The molecule has 0 atom stereocenters. The van der Waals surface area contributed by atoms with Crippen molar-refractivity contribution in [1.29, 1.82) is 0 Å². The molecule has 1 aliphatic carbocycles. The quantitative estimate of drug-likeness (QED) is 0.745. The van der Waals surface area contributed by atoms with Gasteiger partial charge in [-0.15, -0.1) is 0 Å². The zero-order chi connectivity index (χ0) is 20.2. The minimum absolute atomic E-state index is 0.0163. The molecule has 1 saturated carbocycles. The fourth-order valence-corrected chi connectivity index (χ4v) is 4.58. The molecule has 2 aliphatic rings. The van der Waals surface area contributed by atoms with E-state index in [0.29, 0.717) is 27.6 Å². The van der Waals surface area contributed by atoms with Gasteiger partial charge in [-0.2, -0.15) is 0 Å². The Bertz CT molecular complexity index is 834. The van der Waals surface area contributed by atoms with Crippen LogP contribution in [-0.4, -0.2) is 54.6 Å². The van der Waals surface area contributed by atoms with Gasteiger partial charge in [0.15, 0.2) is 0 Å². The Morgan fingerprint density at radius 3 is 2.62 bits per heavy atom. The van der Waals surface area contributed by atoms with Crippen LogP contribution in [0.15, 0.2) is 42.7 Å². The van der Waals surface area contributed by atoms with E-state index in [0.717, 1.165) is 51.3 Å². The van der Waals surface area contributed by atoms with Gasteiger partial charge in [-0.1, -0.05) is 29.3 Å². The molecule has 154 valence electrons. The molecule has 0 spiro atoms. The molecule has 29 heavy (non-hydrogen) atoms. The first kappa shape index (κ1) is 20.5. The number of nitrogens with one attached hydrogen (secondary N) is 1. The van der Waals surface area contributed by atoms with Crippen molar-refractivity contribution >= 4 is 34.8 Å². The first-order chi connectivity index (χ1) is 14.1. The molecule has 1 saturated heterocycles. The fraction of sp³-hybridized carbons (Fsp3) is 0.455. The Hall–Kier alpha value is -1.82. The summed E-state index contributed by atoms with van der Waals surface area (Å²) in [6.45, 7) is 5.13. The zero-order valence-electron chi connectivity index (χ0n) is 16.4. The lowest BCUT2D eigenvalue weighted by Gasteiger charge is -2.39. The van der Waals surface area contributed by atoms with Crippen LogP contribution in [-0.2, 0) is 0 Å². The summed E-state index contributed by atoms with van der Waals surface area (Å²) < 4.78 is 0. The topological polar surface area (TPSA) is 48.5 Å². The van der Waals surface area contributed by atoms with Crippen molar-refractivity contribution < 1.29 is 4.79 Å². The average Bonchev–Trinajstić information content (AvgIpc) is 2.72. The Balaban J connectivity index is 1.15. The molecule has 0 unspecified atom stereocenters. The van der Waals surface area contributed by atoms with E-state index in [1.54, 1.807) is 24.5 Å². The second-order valence-electron chi connectivity index (χ2n) is 7.94. The van der Waals surface area contributed by atoms with Gasteiger partial charge in [-0.05, 0) is 56.0 Å². The standard InChI is InChI=1S/C22H26Cl2N4O/c23-19-4-1-5-20(21(19)24)28-11-9-27(10-12-28)8-6-16-13-18(14-16)26-22(29)17-3-2-7-25-15-17/h1-5,7,15-16,18H,6,8-14H2,(H,26,29)/t16-,18-. The summed E-state index contributed by atoms with van der Waals surface area (Å²) in [5, 5.41) is 4.37. The smallest absolute Gasteiger partial charge is 0.253 e. The van der Waals surface area contributed by atoms with Crippen molar-refractivity contribution in [3.05, 3.63) is 58.3 Å². The van der Waals surface area contributed by atoms with Crippen molar-refractivity contribution in [2.75, 3.05) is 37.6 Å². The number of hydrogen-bond donors (Lipinski definition) is 1. The highest BCUT2D eigenvalue weighted by molar-refractivity contribution is 6.43. The number of carbonyl (C=O) groups is 1. The van der Waals surface area contributed by atoms with Crippen LogP contribution in [0.5, 0.6) is 0 Å². The van der Waals surface area contributed by atoms with Crippen LogP contribution in [0.25, 0.3) is 0 Å². The Kier molecular flexibility index (Phi) is 6.58. The molecule has 1 aromatic heterocycles. The van der Waals surface area contributed by atoms with Crippen molar-refractivity contribution in [1.82, 2.24) is 15.2 Å². The first-order valence-electron chi connectivity index (χ1n) is 10.2. The molecule has 1 aromatic carbocycles. The van der Waals surface area contributed by atoms with Crippen LogP contribution in [0.1, 0.15) is 29.6 Å². The second-order valence-corrected chi connectivity index (χ2v) is 8.72. The molecular weight excluding hydrogens is 407 g/mol. The largest absolute Gasteiger partial charge is 0.368 e. The van der Waals surface area contributed by atoms with Gasteiger partial charge in [0, 0.05) is 44.6 Å². The van der Waals surface area contributed by atoms with Gasteiger partial charge >= 0.3 is 0 Å². The molecular formula is C22H26Cl2N4O. The number of anilines is 1. The number of piperazine rings is 1. The molecule has 7 heteroatoms. The number of benzene rings is 1. The summed E-state index contributed by atoms with van der Waals surface area (Å²) in [6.07, 6.45) is 6.63. The summed E-state index contributed by atoms with van der Waals surface area (Å²) in [7, 11) is 0. The minimum atomic E-state index is -0.0163. The zero-order valence-corrected chi connectivity index (χ0v) is 17.9. The number of pyridine rings is 1. The van der Waals surface area contributed by atoms with Crippen LogP contribution in [0, 0.1) is 5.92 Å². The molecule has 0 radical (unpaired) electrons. The van der Waals surface area contributed by atoms with E-state index in [1.807, 2.05) is 18.2 Å². The lowest BCUT2D eigenvalue weighted by molar-refractivity contribution is 0.0877. The van der Waals surface area contributed by atoms with E-state index in [4.69, 9.17) is 23.2 Å². The minimum Gasteiger partial charge on any atom is -0.368 e. The maximum Gasteiger partial charge on any atom is 0.253 e. The average molecular weight is 433 g/mol. The molecule has 2 aromatic rings. The van der Waals surface area contributed by atoms with Crippen molar-refractivity contribution in [2.45, 2.75) is 25.3 Å². The number of nitrogens with zero attached hydrogens (tertiary/aromatic N) is 3. The third-order valence-electron chi connectivity index (χ3n) is 5.99. The van der Waals surface area contributed by atoms with Gasteiger partial charge in [-0.25, -0.2) is 0 Å². The number of rotatable bonds is 6. The summed E-state index contributed by atoms with van der Waals surface area (Å²) in [6, 6.07) is 9.71. The third-order valence-corrected chi connectivity index (χ3v) is 6.80. The molecule has 1 amide bonds. The van der Waals surface area contributed by atoms with Gasteiger partial charge in [0.1, 0.15) is 0 Å². The molecule has 1 N–H and O–H groups in total. The predicted octanol–water partition coefficient (Wildman–Crippen LogP) is 4.11. The Labute approximate surface area is 182 Å².